The maximum absolute atomic E-state index is 11.5. The van der Waals surface area contributed by atoms with Gasteiger partial charge in [-0.05, 0) is 43.9 Å². The number of urea groups is 1. The molecule has 0 fully saturated rings. The molecule has 21 heavy (non-hydrogen) atoms. The van der Waals surface area contributed by atoms with Crippen LogP contribution in [0.1, 0.15) is 31.7 Å². The Kier molecular flexibility index (Phi) is 7.46. The molecule has 0 aliphatic heterocycles. The van der Waals surface area contributed by atoms with E-state index in [0.717, 1.165) is 24.8 Å². The van der Waals surface area contributed by atoms with E-state index < -0.39 is 11.9 Å². The zero-order valence-corrected chi connectivity index (χ0v) is 12.7. The van der Waals surface area contributed by atoms with Gasteiger partial charge in [-0.15, -0.1) is 11.6 Å². The van der Waals surface area contributed by atoms with E-state index >= 15 is 0 Å². The van der Waals surface area contributed by atoms with Gasteiger partial charge in [-0.3, -0.25) is 10.1 Å². The van der Waals surface area contributed by atoms with Gasteiger partial charge in [0, 0.05) is 12.1 Å². The van der Waals surface area contributed by atoms with E-state index in [1.54, 1.807) is 13.0 Å². The van der Waals surface area contributed by atoms with Crippen molar-refractivity contribution in [3.05, 3.63) is 29.8 Å². The number of halogens is 1. The van der Waals surface area contributed by atoms with Crippen LogP contribution in [0.5, 0.6) is 0 Å². The van der Waals surface area contributed by atoms with Crippen LogP contribution in [-0.4, -0.2) is 23.6 Å². The zero-order valence-electron chi connectivity index (χ0n) is 11.9. The van der Waals surface area contributed by atoms with Crippen molar-refractivity contribution >= 4 is 35.0 Å². The number of carbonyl (C=O) groups is 3. The molecule has 0 saturated heterocycles. The number of Topliss-reactive ketones (excluding diaryl/α,β-unsaturated/α-hetero) is 1. The van der Waals surface area contributed by atoms with Crippen LogP contribution in [0, 0.1) is 0 Å². The second kappa shape index (κ2) is 9.13. The van der Waals surface area contributed by atoms with Crippen molar-refractivity contribution < 1.29 is 14.4 Å². The van der Waals surface area contributed by atoms with E-state index in [-0.39, 0.29) is 11.7 Å². The fourth-order valence-corrected chi connectivity index (χ4v) is 1.90. The Morgan fingerprint density at radius 1 is 1.19 bits per heavy atom. The fourth-order valence-electron chi connectivity index (χ4n) is 1.83. The first kappa shape index (κ1) is 17.2. The van der Waals surface area contributed by atoms with E-state index in [0.29, 0.717) is 12.1 Å². The van der Waals surface area contributed by atoms with Crippen molar-refractivity contribution in [1.29, 1.82) is 0 Å². The van der Waals surface area contributed by atoms with Gasteiger partial charge in [-0.2, -0.15) is 0 Å². The summed E-state index contributed by atoms with van der Waals surface area (Å²) in [7, 11) is 0. The Bertz CT molecular complexity index is 517. The van der Waals surface area contributed by atoms with E-state index in [9.17, 15) is 14.4 Å². The first-order valence-electron chi connectivity index (χ1n) is 6.76. The number of nitrogens with one attached hydrogen (secondary N) is 2. The summed E-state index contributed by atoms with van der Waals surface area (Å²) in [5.41, 5.74) is 1.68. The van der Waals surface area contributed by atoms with Crippen LogP contribution >= 0.6 is 11.6 Å². The average Bonchev–Trinajstić information content (AvgIpc) is 2.43. The predicted molar refractivity (Wildman–Crippen MR) is 82.6 cm³/mol. The van der Waals surface area contributed by atoms with E-state index in [1.165, 1.54) is 0 Å². The summed E-state index contributed by atoms with van der Waals surface area (Å²) < 4.78 is 0. The van der Waals surface area contributed by atoms with Gasteiger partial charge in [0.05, 0.1) is 0 Å². The molecule has 5 nitrogen and oxygen atoms in total. The molecule has 3 amide bonds. The molecule has 0 aliphatic carbocycles. The van der Waals surface area contributed by atoms with Gasteiger partial charge >= 0.3 is 6.03 Å². The molecule has 0 aromatic heterocycles. The Morgan fingerprint density at radius 3 is 2.62 bits per heavy atom. The standard InChI is InChI=1S/C15H19ClN2O3/c1-11(19)5-2-3-6-12-7-4-8-13(9-12)17-15(21)18-14(20)10-16/h4,7-9H,2-3,5-6,10H2,1H3,(H2,17,18,20,21). The quantitative estimate of drug-likeness (QED) is 0.600. The van der Waals surface area contributed by atoms with Gasteiger partial charge in [0.1, 0.15) is 11.7 Å². The van der Waals surface area contributed by atoms with Crippen molar-refractivity contribution in [1.82, 2.24) is 5.32 Å². The number of imide groups is 1. The number of alkyl halides is 1. The van der Waals surface area contributed by atoms with Crippen molar-refractivity contribution in [3.8, 4) is 0 Å². The highest BCUT2D eigenvalue weighted by Gasteiger charge is 2.06. The van der Waals surface area contributed by atoms with Crippen LogP contribution in [0.3, 0.4) is 0 Å². The Hall–Kier alpha value is -1.88. The number of rotatable bonds is 7. The Labute approximate surface area is 129 Å². The highest BCUT2D eigenvalue weighted by molar-refractivity contribution is 6.28. The number of carbonyl (C=O) groups excluding carboxylic acids is 3. The molecular formula is C15H19ClN2O3. The molecule has 0 aliphatic rings. The number of anilines is 1. The lowest BCUT2D eigenvalue weighted by Gasteiger charge is -2.07. The van der Waals surface area contributed by atoms with Crippen LogP contribution < -0.4 is 10.6 Å². The zero-order chi connectivity index (χ0) is 15.7. The lowest BCUT2D eigenvalue weighted by Crippen LogP contribution is -2.35. The van der Waals surface area contributed by atoms with Crippen LogP contribution in [0.2, 0.25) is 0 Å². The van der Waals surface area contributed by atoms with Gasteiger partial charge in [0.2, 0.25) is 5.91 Å². The third-order valence-corrected chi connectivity index (χ3v) is 3.05. The molecular weight excluding hydrogens is 292 g/mol. The molecule has 0 atom stereocenters. The summed E-state index contributed by atoms with van der Waals surface area (Å²) >= 11 is 5.30. The van der Waals surface area contributed by atoms with Crippen LogP contribution in [0.25, 0.3) is 0 Å². The molecule has 2 N–H and O–H groups in total. The summed E-state index contributed by atoms with van der Waals surface area (Å²) in [5, 5.41) is 4.68. The van der Waals surface area contributed by atoms with Gasteiger partial charge in [-0.1, -0.05) is 12.1 Å². The van der Waals surface area contributed by atoms with Crippen LogP contribution in [-0.2, 0) is 16.0 Å². The average molecular weight is 311 g/mol. The van der Waals surface area contributed by atoms with Crippen molar-refractivity contribution in [2.75, 3.05) is 11.2 Å². The minimum absolute atomic E-state index is 0.200. The number of benzene rings is 1. The smallest absolute Gasteiger partial charge is 0.308 e. The largest absolute Gasteiger partial charge is 0.325 e. The minimum Gasteiger partial charge on any atom is -0.308 e. The molecule has 0 heterocycles. The number of aryl methyl sites for hydroxylation is 1. The van der Waals surface area contributed by atoms with Crippen molar-refractivity contribution in [3.63, 3.8) is 0 Å². The molecule has 1 aromatic carbocycles. The third-order valence-electron chi connectivity index (χ3n) is 2.80. The van der Waals surface area contributed by atoms with Gasteiger partial charge < -0.3 is 10.1 Å². The Morgan fingerprint density at radius 2 is 1.95 bits per heavy atom. The van der Waals surface area contributed by atoms with Crippen molar-refractivity contribution in [2.45, 2.75) is 32.6 Å². The number of amides is 3. The first-order chi connectivity index (χ1) is 10.0. The second-order valence-electron chi connectivity index (χ2n) is 4.75. The maximum atomic E-state index is 11.5. The number of hydrogen-bond donors (Lipinski definition) is 2. The second-order valence-corrected chi connectivity index (χ2v) is 5.01. The molecule has 114 valence electrons. The normalized spacial score (nSPS) is 10.0. The molecule has 0 spiro atoms. The summed E-state index contributed by atoms with van der Waals surface area (Å²) in [5.74, 6) is -0.607. The molecule has 0 radical (unpaired) electrons. The molecule has 0 unspecified atom stereocenters. The molecule has 1 aromatic rings. The van der Waals surface area contributed by atoms with E-state index in [4.69, 9.17) is 11.6 Å². The number of ketones is 1. The summed E-state index contributed by atoms with van der Waals surface area (Å²) in [6.45, 7) is 1.59. The number of hydrogen-bond acceptors (Lipinski definition) is 3. The summed E-state index contributed by atoms with van der Waals surface area (Å²) in [6, 6.07) is 6.77. The topological polar surface area (TPSA) is 75.3 Å². The summed E-state index contributed by atoms with van der Waals surface area (Å²) in [6.07, 6.45) is 3.21. The van der Waals surface area contributed by atoms with Crippen LogP contribution in [0.4, 0.5) is 10.5 Å². The molecule has 0 saturated carbocycles. The lowest BCUT2D eigenvalue weighted by molar-refractivity contribution is -0.118. The molecule has 0 bridgehead atoms. The van der Waals surface area contributed by atoms with Gasteiger partial charge in [0.25, 0.3) is 0 Å². The third kappa shape index (κ3) is 7.46. The lowest BCUT2D eigenvalue weighted by atomic mass is 10.1. The summed E-state index contributed by atoms with van der Waals surface area (Å²) in [4.78, 5) is 33.3. The fraction of sp³-hybridized carbons (Fsp3) is 0.400. The predicted octanol–water partition coefficient (Wildman–Crippen LogP) is 2.88. The monoisotopic (exact) mass is 310 g/mol. The first-order valence-corrected chi connectivity index (χ1v) is 7.30. The molecule has 6 heteroatoms. The van der Waals surface area contributed by atoms with Crippen molar-refractivity contribution in [2.24, 2.45) is 0 Å². The highest BCUT2D eigenvalue weighted by Crippen LogP contribution is 2.13. The minimum atomic E-state index is -0.602. The van der Waals surface area contributed by atoms with Gasteiger partial charge in [0.15, 0.2) is 0 Å². The Balaban J connectivity index is 2.46. The van der Waals surface area contributed by atoms with E-state index in [2.05, 4.69) is 10.6 Å². The van der Waals surface area contributed by atoms with E-state index in [1.807, 2.05) is 18.2 Å². The van der Waals surface area contributed by atoms with Gasteiger partial charge in [-0.25, -0.2) is 4.79 Å². The highest BCUT2D eigenvalue weighted by atomic mass is 35.5. The SMILES string of the molecule is CC(=O)CCCCc1cccc(NC(=O)NC(=O)CCl)c1. The van der Waals surface area contributed by atoms with Crippen LogP contribution in [0.15, 0.2) is 24.3 Å². The maximum Gasteiger partial charge on any atom is 0.325 e. The molecule has 1 rings (SSSR count). The number of unbranched alkanes of at least 4 members (excludes halogenated alkanes) is 1.